The summed E-state index contributed by atoms with van der Waals surface area (Å²) in [5, 5.41) is 5.98. The first-order valence-corrected chi connectivity index (χ1v) is 5.66. The fraction of sp³-hybridized carbons (Fsp3) is 0.800. The van der Waals surface area contributed by atoms with Crippen molar-refractivity contribution in [1.29, 1.82) is 0 Å². The Kier molecular flexibility index (Phi) is 5.04. The molecule has 0 spiro atoms. The molecule has 16 heavy (non-hydrogen) atoms. The van der Waals surface area contributed by atoms with Crippen LogP contribution in [0.25, 0.3) is 0 Å². The highest BCUT2D eigenvalue weighted by Gasteiger charge is 2.18. The van der Waals surface area contributed by atoms with E-state index in [2.05, 4.69) is 34.9 Å². The number of aliphatic imine (C=N–C) groups is 1. The second-order valence-electron chi connectivity index (χ2n) is 4.41. The molecule has 0 aromatic carbocycles. The third-order valence-electron chi connectivity index (χ3n) is 2.36. The van der Waals surface area contributed by atoms with E-state index in [1.54, 1.807) is 0 Å². The zero-order valence-corrected chi connectivity index (χ0v) is 9.92. The number of amides is 1. The highest BCUT2D eigenvalue weighted by molar-refractivity contribution is 5.80. The molecule has 1 rings (SSSR count). The van der Waals surface area contributed by atoms with Crippen molar-refractivity contribution in [2.24, 2.45) is 16.8 Å². The Hall–Kier alpha value is -1.30. The normalized spacial score (nSPS) is 21.9. The van der Waals surface area contributed by atoms with E-state index < -0.39 is 0 Å². The minimum Gasteiger partial charge on any atom is -0.354 e. The van der Waals surface area contributed by atoms with Gasteiger partial charge in [0.05, 0.1) is 0 Å². The van der Waals surface area contributed by atoms with Gasteiger partial charge in [0.25, 0.3) is 0 Å². The molecule has 0 aromatic rings. The van der Waals surface area contributed by atoms with Crippen LogP contribution in [0.5, 0.6) is 0 Å². The maximum absolute atomic E-state index is 11.0. The van der Waals surface area contributed by atoms with Crippen molar-refractivity contribution in [2.45, 2.75) is 32.7 Å². The summed E-state index contributed by atoms with van der Waals surface area (Å²) in [4.78, 5) is 15.3. The van der Waals surface area contributed by atoms with Crippen molar-refractivity contribution in [3.63, 3.8) is 0 Å². The van der Waals surface area contributed by atoms with Gasteiger partial charge in [-0.3, -0.25) is 15.2 Å². The number of piperidine rings is 1. The molecular weight excluding hydrogens is 206 g/mol. The molecule has 1 amide bonds. The van der Waals surface area contributed by atoms with Crippen molar-refractivity contribution < 1.29 is 4.79 Å². The molecule has 0 aliphatic carbocycles. The van der Waals surface area contributed by atoms with Crippen LogP contribution in [-0.2, 0) is 4.79 Å². The molecule has 6 heteroatoms. The van der Waals surface area contributed by atoms with E-state index in [0.29, 0.717) is 24.8 Å². The largest absolute Gasteiger partial charge is 0.354 e. The highest BCUT2D eigenvalue weighted by Crippen LogP contribution is 2.02. The van der Waals surface area contributed by atoms with Gasteiger partial charge in [0.1, 0.15) is 0 Å². The molecule has 1 unspecified atom stereocenters. The molecule has 1 heterocycles. The highest BCUT2D eigenvalue weighted by atomic mass is 16.1. The van der Waals surface area contributed by atoms with Crippen molar-refractivity contribution in [3.8, 4) is 0 Å². The first kappa shape index (κ1) is 12.8. The van der Waals surface area contributed by atoms with E-state index in [1.807, 2.05) is 0 Å². The summed E-state index contributed by atoms with van der Waals surface area (Å²) in [6.45, 7) is 5.55. The first-order chi connectivity index (χ1) is 7.61. The molecule has 5 N–H and O–H groups in total. The molecule has 1 fully saturated rings. The molecular formula is C10H21N5O. The molecule has 92 valence electrons. The Labute approximate surface area is 96.0 Å². The third kappa shape index (κ3) is 4.48. The third-order valence-corrected chi connectivity index (χ3v) is 2.36. The quantitative estimate of drug-likeness (QED) is 0.223. The van der Waals surface area contributed by atoms with Crippen LogP contribution in [0.4, 0.5) is 0 Å². The lowest BCUT2D eigenvalue weighted by Crippen LogP contribution is -2.52. The SMILES string of the molecule is CC(C)CN=C(NN)NC1CCC(=O)NC1. The average Bonchev–Trinajstić information content (AvgIpc) is 2.26. The second kappa shape index (κ2) is 6.32. The number of hydrogen-bond acceptors (Lipinski definition) is 3. The summed E-state index contributed by atoms with van der Waals surface area (Å²) < 4.78 is 0. The van der Waals surface area contributed by atoms with Crippen LogP contribution < -0.4 is 21.9 Å². The van der Waals surface area contributed by atoms with Crippen LogP contribution >= 0.6 is 0 Å². The summed E-state index contributed by atoms with van der Waals surface area (Å²) in [5.74, 6) is 6.57. The number of nitrogens with zero attached hydrogens (tertiary/aromatic N) is 1. The van der Waals surface area contributed by atoms with Gasteiger partial charge in [-0.2, -0.15) is 0 Å². The van der Waals surface area contributed by atoms with E-state index in [-0.39, 0.29) is 11.9 Å². The molecule has 0 radical (unpaired) electrons. The predicted octanol–water partition coefficient (Wildman–Crippen LogP) is -0.670. The van der Waals surface area contributed by atoms with Crippen molar-refractivity contribution in [3.05, 3.63) is 0 Å². The van der Waals surface area contributed by atoms with Gasteiger partial charge in [-0.1, -0.05) is 13.8 Å². The van der Waals surface area contributed by atoms with Gasteiger partial charge >= 0.3 is 0 Å². The Balaban J connectivity index is 2.38. The fourth-order valence-corrected chi connectivity index (χ4v) is 1.46. The van der Waals surface area contributed by atoms with Crippen molar-refractivity contribution in [1.82, 2.24) is 16.1 Å². The number of nitrogens with two attached hydrogens (primary N) is 1. The van der Waals surface area contributed by atoms with Gasteiger partial charge in [-0.15, -0.1) is 0 Å². The van der Waals surface area contributed by atoms with Crippen LogP contribution in [0.2, 0.25) is 0 Å². The van der Waals surface area contributed by atoms with E-state index in [4.69, 9.17) is 5.84 Å². The summed E-state index contributed by atoms with van der Waals surface area (Å²) >= 11 is 0. The minimum atomic E-state index is 0.111. The summed E-state index contributed by atoms with van der Waals surface area (Å²) in [5.41, 5.74) is 2.54. The van der Waals surface area contributed by atoms with Crippen LogP contribution in [0.15, 0.2) is 4.99 Å². The van der Waals surface area contributed by atoms with Gasteiger partial charge in [0.15, 0.2) is 0 Å². The lowest BCUT2D eigenvalue weighted by atomic mass is 10.1. The standard InChI is InChI=1S/C10H21N5O/c1-7(2)5-13-10(15-11)14-8-3-4-9(16)12-6-8/h7-8H,3-6,11H2,1-2H3,(H,12,16)(H2,13,14,15). The fourth-order valence-electron chi connectivity index (χ4n) is 1.46. The van der Waals surface area contributed by atoms with E-state index in [1.165, 1.54) is 0 Å². The molecule has 0 aromatic heterocycles. The van der Waals surface area contributed by atoms with Gasteiger partial charge in [-0.05, 0) is 12.3 Å². The maximum Gasteiger partial charge on any atom is 0.220 e. The second-order valence-corrected chi connectivity index (χ2v) is 4.41. The van der Waals surface area contributed by atoms with Crippen LogP contribution in [0.1, 0.15) is 26.7 Å². The van der Waals surface area contributed by atoms with Crippen molar-refractivity contribution in [2.75, 3.05) is 13.1 Å². The number of carbonyl (C=O) groups excluding carboxylic acids is 1. The van der Waals surface area contributed by atoms with Gasteiger partial charge in [0.2, 0.25) is 11.9 Å². The number of hydrazine groups is 1. The van der Waals surface area contributed by atoms with E-state index >= 15 is 0 Å². The lowest BCUT2D eigenvalue weighted by molar-refractivity contribution is -0.122. The monoisotopic (exact) mass is 227 g/mol. The molecule has 1 aliphatic rings. The van der Waals surface area contributed by atoms with E-state index in [9.17, 15) is 4.79 Å². The summed E-state index contributed by atoms with van der Waals surface area (Å²) in [7, 11) is 0. The molecule has 1 aliphatic heterocycles. The number of guanidine groups is 1. The zero-order chi connectivity index (χ0) is 12.0. The maximum atomic E-state index is 11.0. The summed E-state index contributed by atoms with van der Waals surface area (Å²) in [6, 6.07) is 0.208. The Bertz CT molecular complexity index is 254. The average molecular weight is 227 g/mol. The molecule has 6 nitrogen and oxygen atoms in total. The van der Waals surface area contributed by atoms with E-state index in [0.717, 1.165) is 13.0 Å². The minimum absolute atomic E-state index is 0.111. The van der Waals surface area contributed by atoms with Gasteiger partial charge in [-0.25, -0.2) is 5.84 Å². The zero-order valence-electron chi connectivity index (χ0n) is 9.92. The lowest BCUT2D eigenvalue weighted by Gasteiger charge is -2.24. The Morgan fingerprint density at radius 3 is 2.94 bits per heavy atom. The number of carbonyl (C=O) groups is 1. The van der Waals surface area contributed by atoms with Crippen LogP contribution in [0, 0.1) is 5.92 Å². The van der Waals surface area contributed by atoms with Crippen LogP contribution in [0.3, 0.4) is 0 Å². The number of hydrogen-bond donors (Lipinski definition) is 4. The molecule has 0 bridgehead atoms. The number of nitrogens with one attached hydrogen (secondary N) is 3. The summed E-state index contributed by atoms with van der Waals surface area (Å²) in [6.07, 6.45) is 1.37. The smallest absolute Gasteiger partial charge is 0.220 e. The molecule has 1 atom stereocenters. The predicted molar refractivity (Wildman–Crippen MR) is 63.6 cm³/mol. The van der Waals surface area contributed by atoms with Gasteiger partial charge in [0, 0.05) is 25.6 Å². The Morgan fingerprint density at radius 1 is 1.69 bits per heavy atom. The molecule has 0 saturated carbocycles. The Morgan fingerprint density at radius 2 is 2.44 bits per heavy atom. The first-order valence-electron chi connectivity index (χ1n) is 5.66. The topological polar surface area (TPSA) is 91.5 Å². The van der Waals surface area contributed by atoms with Crippen LogP contribution in [-0.4, -0.2) is 31.0 Å². The number of rotatable bonds is 3. The molecule has 1 saturated heterocycles. The van der Waals surface area contributed by atoms with Crippen molar-refractivity contribution >= 4 is 11.9 Å². The van der Waals surface area contributed by atoms with Gasteiger partial charge < -0.3 is 10.6 Å².